The number of hydrogen-bond donors (Lipinski definition) is 2. The van der Waals surface area contributed by atoms with Crippen LogP contribution < -0.4 is 11.1 Å². The summed E-state index contributed by atoms with van der Waals surface area (Å²) in [6, 6.07) is 5.36. The molecular weight excluding hydrogens is 293 g/mol. The van der Waals surface area contributed by atoms with Crippen LogP contribution in [0.15, 0.2) is 18.2 Å². The third-order valence-electron chi connectivity index (χ3n) is 5.32. The van der Waals surface area contributed by atoms with E-state index in [0.29, 0.717) is 30.5 Å². The van der Waals surface area contributed by atoms with Gasteiger partial charge in [-0.15, -0.1) is 0 Å². The summed E-state index contributed by atoms with van der Waals surface area (Å²) < 4.78 is 13.5. The van der Waals surface area contributed by atoms with E-state index in [1.165, 1.54) is 18.9 Å². The maximum absolute atomic E-state index is 13.5. The van der Waals surface area contributed by atoms with Crippen molar-refractivity contribution in [3.63, 3.8) is 0 Å². The Hall–Kier alpha value is -1.46. The molecule has 126 valence electrons. The van der Waals surface area contributed by atoms with Crippen LogP contribution in [0.5, 0.6) is 0 Å². The number of likely N-dealkylation sites (tertiary alicyclic amines) is 1. The molecule has 1 aliphatic carbocycles. The molecule has 0 bridgehead atoms. The standard InChI is InChI=1S/C18H26FN3O/c1-12-5-6-13(7-16(12)19)8-21-18(23)11-22-9-14-3-2-4-17(20)15(14)10-22/h5-7,14-15,17H,2-4,8-11,20H2,1H3,(H,21,23). The van der Waals surface area contributed by atoms with Crippen molar-refractivity contribution in [3.05, 3.63) is 35.1 Å². The minimum atomic E-state index is -0.227. The molecule has 1 heterocycles. The Kier molecular flexibility index (Phi) is 4.97. The van der Waals surface area contributed by atoms with Crippen LogP contribution in [0.2, 0.25) is 0 Å². The molecule has 1 saturated heterocycles. The van der Waals surface area contributed by atoms with Crippen molar-refractivity contribution in [2.45, 2.75) is 38.8 Å². The molecule has 3 rings (SSSR count). The molecule has 1 amide bonds. The summed E-state index contributed by atoms with van der Waals surface area (Å²) in [4.78, 5) is 14.3. The molecule has 0 radical (unpaired) electrons. The number of rotatable bonds is 4. The van der Waals surface area contributed by atoms with Crippen molar-refractivity contribution in [1.82, 2.24) is 10.2 Å². The molecule has 2 fully saturated rings. The summed E-state index contributed by atoms with van der Waals surface area (Å²) >= 11 is 0. The molecule has 1 saturated carbocycles. The van der Waals surface area contributed by atoms with Crippen LogP contribution in [0, 0.1) is 24.6 Å². The predicted molar refractivity (Wildman–Crippen MR) is 88.2 cm³/mol. The number of aryl methyl sites for hydroxylation is 1. The number of nitrogens with one attached hydrogen (secondary N) is 1. The first-order chi connectivity index (χ1) is 11.0. The van der Waals surface area contributed by atoms with Crippen LogP contribution in [0.4, 0.5) is 4.39 Å². The van der Waals surface area contributed by atoms with Crippen molar-refractivity contribution in [3.8, 4) is 0 Å². The number of carbonyl (C=O) groups is 1. The fourth-order valence-electron chi connectivity index (χ4n) is 3.94. The number of fused-ring (bicyclic) bond motifs is 1. The van der Waals surface area contributed by atoms with Crippen molar-refractivity contribution < 1.29 is 9.18 Å². The van der Waals surface area contributed by atoms with E-state index >= 15 is 0 Å². The quantitative estimate of drug-likeness (QED) is 0.890. The second-order valence-corrected chi connectivity index (χ2v) is 7.07. The van der Waals surface area contributed by atoms with Crippen LogP contribution in [-0.4, -0.2) is 36.5 Å². The molecule has 1 aromatic carbocycles. The van der Waals surface area contributed by atoms with E-state index in [-0.39, 0.29) is 17.8 Å². The first kappa shape index (κ1) is 16.4. The topological polar surface area (TPSA) is 58.4 Å². The Balaban J connectivity index is 1.47. The summed E-state index contributed by atoms with van der Waals surface area (Å²) in [5, 5.41) is 2.89. The fourth-order valence-corrected chi connectivity index (χ4v) is 3.94. The van der Waals surface area contributed by atoms with Crippen LogP contribution in [0.25, 0.3) is 0 Å². The monoisotopic (exact) mass is 319 g/mol. The minimum Gasteiger partial charge on any atom is -0.351 e. The highest BCUT2D eigenvalue weighted by Gasteiger charge is 2.38. The van der Waals surface area contributed by atoms with Gasteiger partial charge >= 0.3 is 0 Å². The molecule has 23 heavy (non-hydrogen) atoms. The van der Waals surface area contributed by atoms with Crippen molar-refractivity contribution in [1.29, 1.82) is 0 Å². The maximum Gasteiger partial charge on any atom is 0.234 e. The van der Waals surface area contributed by atoms with Gasteiger partial charge in [-0.05, 0) is 48.8 Å². The smallest absolute Gasteiger partial charge is 0.234 e. The molecule has 3 atom stereocenters. The van der Waals surface area contributed by atoms with Gasteiger partial charge in [0.05, 0.1) is 6.54 Å². The van der Waals surface area contributed by atoms with Crippen LogP contribution >= 0.6 is 0 Å². The summed E-state index contributed by atoms with van der Waals surface area (Å²) in [7, 11) is 0. The molecule has 0 spiro atoms. The van der Waals surface area contributed by atoms with E-state index in [2.05, 4.69) is 10.2 Å². The van der Waals surface area contributed by atoms with Gasteiger partial charge in [-0.2, -0.15) is 0 Å². The van der Waals surface area contributed by atoms with E-state index in [1.54, 1.807) is 13.0 Å². The van der Waals surface area contributed by atoms with Gasteiger partial charge in [0, 0.05) is 25.7 Å². The number of halogens is 1. The zero-order valence-electron chi connectivity index (χ0n) is 13.7. The Morgan fingerprint density at radius 3 is 2.96 bits per heavy atom. The zero-order chi connectivity index (χ0) is 16.4. The van der Waals surface area contributed by atoms with Crippen molar-refractivity contribution in [2.75, 3.05) is 19.6 Å². The second kappa shape index (κ2) is 6.97. The molecule has 3 unspecified atom stereocenters. The molecule has 0 aromatic heterocycles. The first-order valence-corrected chi connectivity index (χ1v) is 8.52. The fraction of sp³-hybridized carbons (Fsp3) is 0.611. The normalized spacial score (nSPS) is 27.7. The molecule has 1 aliphatic heterocycles. The minimum absolute atomic E-state index is 0.00167. The Bertz CT molecular complexity index is 577. The summed E-state index contributed by atoms with van der Waals surface area (Å²) in [5.41, 5.74) is 7.62. The van der Waals surface area contributed by atoms with Crippen LogP contribution in [0.1, 0.15) is 30.4 Å². The average molecular weight is 319 g/mol. The van der Waals surface area contributed by atoms with E-state index in [0.717, 1.165) is 25.1 Å². The first-order valence-electron chi connectivity index (χ1n) is 8.52. The van der Waals surface area contributed by atoms with E-state index in [1.807, 2.05) is 6.07 Å². The lowest BCUT2D eigenvalue weighted by Crippen LogP contribution is -2.39. The van der Waals surface area contributed by atoms with Gasteiger partial charge in [-0.3, -0.25) is 9.69 Å². The molecule has 4 nitrogen and oxygen atoms in total. The highest BCUT2D eigenvalue weighted by molar-refractivity contribution is 5.78. The predicted octanol–water partition coefficient (Wildman–Crippen LogP) is 1.81. The molecule has 2 aliphatic rings. The largest absolute Gasteiger partial charge is 0.351 e. The van der Waals surface area contributed by atoms with Crippen molar-refractivity contribution in [2.24, 2.45) is 17.6 Å². The Morgan fingerprint density at radius 1 is 1.39 bits per heavy atom. The molecule has 5 heteroatoms. The van der Waals surface area contributed by atoms with E-state index < -0.39 is 0 Å². The number of amides is 1. The van der Waals surface area contributed by atoms with Gasteiger partial charge in [0.15, 0.2) is 0 Å². The third kappa shape index (κ3) is 3.90. The lowest BCUT2D eigenvalue weighted by molar-refractivity contribution is -0.122. The average Bonchev–Trinajstić information content (AvgIpc) is 2.92. The van der Waals surface area contributed by atoms with Gasteiger partial charge in [-0.1, -0.05) is 18.6 Å². The lowest BCUT2D eigenvalue weighted by Gasteiger charge is -2.29. The van der Waals surface area contributed by atoms with Gasteiger partial charge in [-0.25, -0.2) is 4.39 Å². The SMILES string of the molecule is Cc1ccc(CNC(=O)CN2CC3CCCC(N)C3C2)cc1F. The molecule has 3 N–H and O–H groups in total. The number of carbonyl (C=O) groups excluding carboxylic acids is 1. The van der Waals surface area contributed by atoms with Gasteiger partial charge in [0.1, 0.15) is 5.82 Å². The summed E-state index contributed by atoms with van der Waals surface area (Å²) in [6.45, 7) is 4.42. The zero-order valence-corrected chi connectivity index (χ0v) is 13.7. The van der Waals surface area contributed by atoms with E-state index in [9.17, 15) is 9.18 Å². The highest BCUT2D eigenvalue weighted by Crippen LogP contribution is 2.35. The molecular formula is C18H26FN3O. The number of benzene rings is 1. The van der Waals surface area contributed by atoms with Gasteiger partial charge in [0.2, 0.25) is 5.91 Å². The van der Waals surface area contributed by atoms with Crippen LogP contribution in [-0.2, 0) is 11.3 Å². The second-order valence-electron chi connectivity index (χ2n) is 7.07. The van der Waals surface area contributed by atoms with Crippen molar-refractivity contribution >= 4 is 5.91 Å². The lowest BCUT2D eigenvalue weighted by atomic mass is 9.78. The van der Waals surface area contributed by atoms with Crippen LogP contribution in [0.3, 0.4) is 0 Å². The van der Waals surface area contributed by atoms with E-state index in [4.69, 9.17) is 5.73 Å². The summed E-state index contributed by atoms with van der Waals surface area (Å²) in [6.07, 6.45) is 3.56. The number of nitrogens with two attached hydrogens (primary N) is 1. The maximum atomic E-state index is 13.5. The number of hydrogen-bond acceptors (Lipinski definition) is 3. The Morgan fingerprint density at radius 2 is 2.22 bits per heavy atom. The number of nitrogens with zero attached hydrogens (tertiary/aromatic N) is 1. The highest BCUT2D eigenvalue weighted by atomic mass is 19.1. The summed E-state index contributed by atoms with van der Waals surface area (Å²) in [5.74, 6) is 0.966. The molecule has 1 aromatic rings. The van der Waals surface area contributed by atoms with Gasteiger partial charge < -0.3 is 11.1 Å². The third-order valence-corrected chi connectivity index (χ3v) is 5.32. The van der Waals surface area contributed by atoms with Gasteiger partial charge in [0.25, 0.3) is 0 Å². The Labute approximate surface area is 137 Å².